The average molecular weight is 1070 g/mol. The molecule has 3 aliphatic carbocycles. The van der Waals surface area contributed by atoms with Crippen molar-refractivity contribution in [2.24, 2.45) is 0 Å². The number of hydrogen-bond acceptors (Lipinski definition) is 3. The summed E-state index contributed by atoms with van der Waals surface area (Å²) in [6, 6.07) is 115. The molecule has 0 radical (unpaired) electrons. The zero-order chi connectivity index (χ0) is 55.1. The molecule has 0 atom stereocenters. The summed E-state index contributed by atoms with van der Waals surface area (Å²) >= 11 is 0. The third-order valence-corrected chi connectivity index (χ3v) is 19.1. The van der Waals surface area contributed by atoms with Crippen molar-refractivity contribution >= 4 is 17.1 Å². The van der Waals surface area contributed by atoms with E-state index < -0.39 is 16.2 Å². The molecule has 0 aromatic heterocycles. The topological polar surface area (TPSA) is 21.7 Å². The van der Waals surface area contributed by atoms with E-state index in [0.29, 0.717) is 0 Å². The molecule has 13 aromatic carbocycles. The van der Waals surface area contributed by atoms with Crippen LogP contribution in [0.15, 0.2) is 309 Å². The van der Waals surface area contributed by atoms with Crippen LogP contribution >= 0.6 is 0 Å². The second-order valence-corrected chi connectivity index (χ2v) is 22.9. The highest BCUT2D eigenvalue weighted by molar-refractivity contribution is 6.02. The molecule has 5 aliphatic rings. The number of nitrogens with zero attached hydrogens (tertiary/aromatic N) is 1. The van der Waals surface area contributed by atoms with Crippen LogP contribution in [0.1, 0.15) is 66.8 Å². The summed E-state index contributed by atoms with van der Waals surface area (Å²) in [5.74, 6) is 3.50. The van der Waals surface area contributed by atoms with Gasteiger partial charge in [0.1, 0.15) is 23.0 Å². The van der Waals surface area contributed by atoms with Gasteiger partial charge in [0, 0.05) is 39.1 Å². The Bertz CT molecular complexity index is 4750. The highest BCUT2D eigenvalue weighted by atomic mass is 16.5. The lowest BCUT2D eigenvalue weighted by Crippen LogP contribution is -2.32. The zero-order valence-corrected chi connectivity index (χ0v) is 45.7. The second kappa shape index (κ2) is 17.6. The van der Waals surface area contributed by atoms with E-state index in [0.717, 1.165) is 73.4 Å². The maximum Gasteiger partial charge on any atom is 0.132 e. The summed E-state index contributed by atoms with van der Waals surface area (Å²) in [7, 11) is 0. The molecule has 18 rings (SSSR count). The van der Waals surface area contributed by atoms with Crippen LogP contribution in [-0.4, -0.2) is 0 Å². The Morgan fingerprint density at radius 1 is 0.226 bits per heavy atom. The molecular weight excluding hydrogens is 1020 g/mol. The number of benzene rings is 13. The first kappa shape index (κ1) is 47.0. The summed E-state index contributed by atoms with van der Waals surface area (Å²) in [4.78, 5) is 2.57. The predicted molar refractivity (Wildman–Crippen MR) is 339 cm³/mol. The Hall–Kier alpha value is -10.7. The lowest BCUT2D eigenvalue weighted by Gasteiger charge is -2.39. The zero-order valence-electron chi connectivity index (χ0n) is 45.7. The van der Waals surface area contributed by atoms with Crippen molar-refractivity contribution in [2.75, 3.05) is 4.90 Å². The Kier molecular flexibility index (Phi) is 9.86. The summed E-state index contributed by atoms with van der Waals surface area (Å²) in [5, 5.41) is 0. The van der Waals surface area contributed by atoms with Crippen molar-refractivity contribution in [3.8, 4) is 67.5 Å². The van der Waals surface area contributed by atoms with Crippen molar-refractivity contribution in [1.29, 1.82) is 0 Å². The van der Waals surface area contributed by atoms with Gasteiger partial charge in [0.05, 0.1) is 27.6 Å². The maximum absolute atomic E-state index is 6.84. The van der Waals surface area contributed by atoms with Crippen molar-refractivity contribution in [3.63, 3.8) is 0 Å². The van der Waals surface area contributed by atoms with Gasteiger partial charge in [-0.3, -0.25) is 0 Å². The van der Waals surface area contributed by atoms with Crippen LogP contribution in [0.3, 0.4) is 0 Å². The molecule has 0 N–H and O–H groups in total. The molecule has 0 unspecified atom stereocenters. The van der Waals surface area contributed by atoms with Gasteiger partial charge in [-0.25, -0.2) is 0 Å². The second-order valence-electron chi connectivity index (χ2n) is 22.9. The van der Waals surface area contributed by atoms with Gasteiger partial charge in [-0.2, -0.15) is 0 Å². The SMILES string of the molecule is c1ccc(C2(c3ccccc3)c3ccccc3-c3ccc(-c4ccccc4N(c4ccc5c(c4)-c4ccccc4C54c5ccccc5Oc5ccccc54)c4cccc5c4-c4ccccc4C54c5ccccc5Oc5ccccc54)cc32)cc1. The Morgan fingerprint density at radius 3 is 1.19 bits per heavy atom. The minimum Gasteiger partial charge on any atom is -0.457 e. The Balaban J connectivity index is 0.926. The van der Waals surface area contributed by atoms with Gasteiger partial charge in [0.25, 0.3) is 0 Å². The molecule has 392 valence electrons. The average Bonchev–Trinajstić information content (AvgIpc) is 2.47. The van der Waals surface area contributed by atoms with Crippen LogP contribution in [0, 0.1) is 0 Å². The fourth-order valence-electron chi connectivity index (χ4n) is 16.0. The molecule has 0 bridgehead atoms. The monoisotopic (exact) mass is 1070 g/mol. The van der Waals surface area contributed by atoms with Gasteiger partial charge in [-0.15, -0.1) is 0 Å². The van der Waals surface area contributed by atoms with E-state index in [2.05, 4.69) is 314 Å². The minimum absolute atomic E-state index is 0.571. The lowest BCUT2D eigenvalue weighted by atomic mass is 9.66. The first-order chi connectivity index (χ1) is 41.7. The van der Waals surface area contributed by atoms with E-state index in [-0.39, 0.29) is 0 Å². The number of fused-ring (bicyclic) bond motifs is 21. The molecular formula is C81H51NO2. The van der Waals surface area contributed by atoms with Gasteiger partial charge in [0.15, 0.2) is 0 Å². The van der Waals surface area contributed by atoms with Crippen molar-refractivity contribution in [3.05, 3.63) is 376 Å². The van der Waals surface area contributed by atoms with Crippen LogP contribution in [0.5, 0.6) is 23.0 Å². The maximum atomic E-state index is 6.84. The molecule has 13 aromatic rings. The van der Waals surface area contributed by atoms with Crippen LogP contribution in [0.2, 0.25) is 0 Å². The van der Waals surface area contributed by atoms with E-state index in [9.17, 15) is 0 Å². The van der Waals surface area contributed by atoms with Gasteiger partial charge < -0.3 is 14.4 Å². The van der Waals surface area contributed by atoms with Crippen LogP contribution in [0.4, 0.5) is 17.1 Å². The lowest BCUT2D eigenvalue weighted by molar-refractivity contribution is 0.436. The fourth-order valence-corrected chi connectivity index (χ4v) is 16.0. The molecule has 84 heavy (non-hydrogen) atoms. The van der Waals surface area contributed by atoms with Gasteiger partial charge in [-0.1, -0.05) is 255 Å². The first-order valence-electron chi connectivity index (χ1n) is 29.1. The summed E-state index contributed by atoms with van der Waals surface area (Å²) in [6.07, 6.45) is 0. The highest BCUT2D eigenvalue weighted by Gasteiger charge is 2.54. The van der Waals surface area contributed by atoms with E-state index >= 15 is 0 Å². The third kappa shape index (κ3) is 6.04. The van der Waals surface area contributed by atoms with Gasteiger partial charge in [-0.05, 0) is 132 Å². The highest BCUT2D eigenvalue weighted by Crippen LogP contribution is 2.67. The number of anilines is 3. The van der Waals surface area contributed by atoms with Gasteiger partial charge >= 0.3 is 0 Å². The molecule has 2 aliphatic heterocycles. The van der Waals surface area contributed by atoms with Crippen molar-refractivity contribution < 1.29 is 9.47 Å². The van der Waals surface area contributed by atoms with Crippen molar-refractivity contribution in [1.82, 2.24) is 0 Å². The minimum atomic E-state index is -0.668. The Morgan fingerprint density at radius 2 is 0.619 bits per heavy atom. The first-order valence-corrected chi connectivity index (χ1v) is 29.1. The smallest absolute Gasteiger partial charge is 0.132 e. The summed E-state index contributed by atoms with van der Waals surface area (Å²) < 4.78 is 13.6. The quantitative estimate of drug-likeness (QED) is 0.166. The largest absolute Gasteiger partial charge is 0.457 e. The Labute approximate surface area is 488 Å². The molecule has 2 spiro atoms. The molecule has 0 saturated carbocycles. The van der Waals surface area contributed by atoms with Crippen LogP contribution in [-0.2, 0) is 16.2 Å². The number of rotatable bonds is 6. The summed E-state index contributed by atoms with van der Waals surface area (Å²) in [6.45, 7) is 0. The predicted octanol–water partition coefficient (Wildman–Crippen LogP) is 20.1. The van der Waals surface area contributed by atoms with Crippen LogP contribution in [0.25, 0.3) is 44.5 Å². The van der Waals surface area contributed by atoms with Crippen molar-refractivity contribution in [2.45, 2.75) is 16.2 Å². The standard InChI is InChI=1S/C81H51NO2/c1-3-24-53(25-4-1)79(54-26-5-2-6-27-54)62-32-11-7-29-57(62)59-48-46-52(50-71(59)79)56-28-10-18-40-72(56)82(55-47-49-65-61(51-55)58-30-8-12-33-63(58)80(65)66-35-14-19-42-74(66)83-75-43-20-15-36-67(75)80)73-41-23-39-70-78(73)60-31-9-13-34-64(60)81(70)68-37-16-21-44-76(68)84-77-45-22-17-38-69(77)81/h1-51H. The number of hydrogen-bond donors (Lipinski definition) is 0. The van der Waals surface area contributed by atoms with E-state index in [1.165, 1.54) is 77.9 Å². The summed E-state index contributed by atoms with van der Waals surface area (Å²) in [5.41, 5.74) is 25.5. The van der Waals surface area contributed by atoms with E-state index in [1.54, 1.807) is 0 Å². The number of ether oxygens (including phenoxy) is 2. The van der Waals surface area contributed by atoms with Gasteiger partial charge in [0.2, 0.25) is 0 Å². The van der Waals surface area contributed by atoms with E-state index in [1.807, 2.05) is 0 Å². The molecule has 0 fully saturated rings. The molecule has 2 heterocycles. The molecule has 3 heteroatoms. The number of para-hydroxylation sites is 5. The third-order valence-electron chi connectivity index (χ3n) is 19.1. The van der Waals surface area contributed by atoms with E-state index in [4.69, 9.17) is 9.47 Å². The molecule has 0 amide bonds. The molecule has 0 saturated heterocycles. The fraction of sp³-hybridized carbons (Fsp3) is 0.0370. The molecule has 3 nitrogen and oxygen atoms in total. The van der Waals surface area contributed by atoms with Crippen LogP contribution < -0.4 is 14.4 Å². The normalized spacial score (nSPS) is 14.7.